The molecule has 2 rings (SSSR count). The number of ether oxygens (including phenoxy) is 1. The van der Waals surface area contributed by atoms with Crippen molar-refractivity contribution in [2.75, 3.05) is 11.9 Å². The fourth-order valence-corrected chi connectivity index (χ4v) is 1.99. The molecule has 0 aromatic heterocycles. The van der Waals surface area contributed by atoms with E-state index in [9.17, 15) is 9.59 Å². The van der Waals surface area contributed by atoms with E-state index < -0.39 is 18.0 Å². The summed E-state index contributed by atoms with van der Waals surface area (Å²) in [5.41, 5.74) is 0.421. The highest BCUT2D eigenvalue weighted by atomic mass is 35.5. The van der Waals surface area contributed by atoms with Crippen molar-refractivity contribution < 1.29 is 14.3 Å². The van der Waals surface area contributed by atoms with Gasteiger partial charge < -0.3 is 15.4 Å². The van der Waals surface area contributed by atoms with Crippen LogP contribution in [0.1, 0.15) is 6.42 Å². The van der Waals surface area contributed by atoms with E-state index in [1.807, 2.05) is 0 Å². The van der Waals surface area contributed by atoms with Crippen LogP contribution in [0.4, 0.5) is 10.5 Å². The Kier molecular flexibility index (Phi) is 3.93. The molecule has 1 atom stereocenters. The molecule has 1 aromatic rings. The highest BCUT2D eigenvalue weighted by molar-refractivity contribution is 6.36. The van der Waals surface area contributed by atoms with Gasteiger partial charge in [0.2, 0.25) is 0 Å². The number of carbonyl (C=O) groups is 2. The molecule has 0 spiro atoms. The van der Waals surface area contributed by atoms with Gasteiger partial charge in [0.15, 0.2) is 0 Å². The number of cyclic esters (lactones) is 1. The predicted molar refractivity (Wildman–Crippen MR) is 68.0 cm³/mol. The Hall–Kier alpha value is -1.46. The number of nitrogens with one attached hydrogen (secondary N) is 2. The van der Waals surface area contributed by atoms with Gasteiger partial charge in [0.05, 0.1) is 17.3 Å². The summed E-state index contributed by atoms with van der Waals surface area (Å²) in [6.45, 7) is 0.325. The average Bonchev–Trinajstić information content (AvgIpc) is 2.69. The summed E-state index contributed by atoms with van der Waals surface area (Å²) in [6, 6.07) is 3.59. The van der Waals surface area contributed by atoms with Crippen molar-refractivity contribution in [1.29, 1.82) is 0 Å². The van der Waals surface area contributed by atoms with E-state index in [1.54, 1.807) is 12.1 Å². The topological polar surface area (TPSA) is 67.4 Å². The first-order valence-electron chi connectivity index (χ1n) is 5.25. The third kappa shape index (κ3) is 3.05. The molecular weight excluding hydrogens is 279 g/mol. The lowest BCUT2D eigenvalue weighted by Gasteiger charge is -2.11. The predicted octanol–water partition coefficient (Wildman–Crippen LogP) is 2.43. The van der Waals surface area contributed by atoms with Crippen molar-refractivity contribution in [3.8, 4) is 0 Å². The minimum atomic E-state index is -0.601. The van der Waals surface area contributed by atoms with Crippen LogP contribution in [-0.4, -0.2) is 24.6 Å². The summed E-state index contributed by atoms with van der Waals surface area (Å²) >= 11 is 11.6. The van der Waals surface area contributed by atoms with E-state index in [0.29, 0.717) is 28.8 Å². The van der Waals surface area contributed by atoms with E-state index >= 15 is 0 Å². The molecule has 2 amide bonds. The zero-order valence-corrected chi connectivity index (χ0v) is 10.7. The van der Waals surface area contributed by atoms with Gasteiger partial charge in [0.1, 0.15) is 6.04 Å². The zero-order valence-electron chi connectivity index (χ0n) is 9.20. The highest BCUT2D eigenvalue weighted by Gasteiger charge is 2.27. The lowest BCUT2D eigenvalue weighted by Crippen LogP contribution is -2.40. The molecule has 1 heterocycles. The Morgan fingerprint density at radius 2 is 2.17 bits per heavy atom. The average molecular weight is 289 g/mol. The van der Waals surface area contributed by atoms with Gasteiger partial charge in [-0.25, -0.2) is 9.59 Å². The highest BCUT2D eigenvalue weighted by Crippen LogP contribution is 2.25. The van der Waals surface area contributed by atoms with Gasteiger partial charge in [0, 0.05) is 11.4 Å². The van der Waals surface area contributed by atoms with E-state index in [1.165, 1.54) is 6.07 Å². The summed E-state index contributed by atoms with van der Waals surface area (Å²) in [7, 11) is 0. The second kappa shape index (κ2) is 5.46. The van der Waals surface area contributed by atoms with Gasteiger partial charge in [-0.1, -0.05) is 23.2 Å². The van der Waals surface area contributed by atoms with Crippen molar-refractivity contribution in [3.63, 3.8) is 0 Å². The molecule has 1 aromatic carbocycles. The van der Waals surface area contributed by atoms with Crippen LogP contribution in [0.15, 0.2) is 18.2 Å². The third-order valence-electron chi connectivity index (χ3n) is 2.42. The molecule has 18 heavy (non-hydrogen) atoms. The lowest BCUT2D eigenvalue weighted by atomic mass is 10.2. The lowest BCUT2D eigenvalue weighted by molar-refractivity contribution is -0.139. The summed E-state index contributed by atoms with van der Waals surface area (Å²) in [6.07, 6.45) is 0.473. The molecule has 1 fully saturated rings. The number of hydrogen-bond donors (Lipinski definition) is 2. The van der Waals surface area contributed by atoms with E-state index in [-0.39, 0.29) is 0 Å². The first-order chi connectivity index (χ1) is 8.56. The minimum absolute atomic E-state index is 0.325. The molecule has 5 nitrogen and oxygen atoms in total. The second-order valence-corrected chi connectivity index (χ2v) is 4.58. The Labute approximate surface area is 113 Å². The molecule has 0 aliphatic carbocycles. The number of hydrogen-bond acceptors (Lipinski definition) is 3. The van der Waals surface area contributed by atoms with Crippen LogP contribution in [0.25, 0.3) is 0 Å². The number of halogens is 2. The van der Waals surface area contributed by atoms with Crippen molar-refractivity contribution in [3.05, 3.63) is 28.2 Å². The maximum Gasteiger partial charge on any atom is 0.328 e. The molecule has 1 saturated heterocycles. The Morgan fingerprint density at radius 1 is 1.39 bits per heavy atom. The van der Waals surface area contributed by atoms with Crippen LogP contribution in [-0.2, 0) is 9.53 Å². The van der Waals surface area contributed by atoms with Gasteiger partial charge in [0.25, 0.3) is 0 Å². The Bertz CT molecular complexity index is 493. The summed E-state index contributed by atoms with van der Waals surface area (Å²) < 4.78 is 4.73. The van der Waals surface area contributed by atoms with Crippen LogP contribution in [0, 0.1) is 0 Å². The smallest absolute Gasteiger partial charge is 0.328 e. The number of esters is 1. The fraction of sp³-hybridized carbons (Fsp3) is 0.273. The van der Waals surface area contributed by atoms with Crippen molar-refractivity contribution in [1.82, 2.24) is 5.32 Å². The van der Waals surface area contributed by atoms with Gasteiger partial charge in [-0.15, -0.1) is 0 Å². The monoisotopic (exact) mass is 288 g/mol. The molecule has 1 aliphatic rings. The van der Waals surface area contributed by atoms with E-state index in [4.69, 9.17) is 27.9 Å². The Morgan fingerprint density at radius 3 is 2.78 bits per heavy atom. The standard InChI is InChI=1S/C11H10Cl2N2O3/c12-6-1-2-8(7(13)5-6)14-11(17)15-9-3-4-18-10(9)16/h1-2,5,9H,3-4H2,(H2,14,15,17). The SMILES string of the molecule is O=C(Nc1ccc(Cl)cc1Cl)NC1CCOC1=O. The van der Waals surface area contributed by atoms with Gasteiger partial charge in [-0.05, 0) is 18.2 Å². The third-order valence-corrected chi connectivity index (χ3v) is 2.97. The number of anilines is 1. The minimum Gasteiger partial charge on any atom is -0.464 e. The molecule has 0 radical (unpaired) electrons. The molecule has 7 heteroatoms. The van der Waals surface area contributed by atoms with Gasteiger partial charge in [-0.2, -0.15) is 0 Å². The number of urea groups is 1. The van der Waals surface area contributed by atoms with Crippen molar-refractivity contribution in [2.24, 2.45) is 0 Å². The molecule has 0 saturated carbocycles. The molecule has 2 N–H and O–H groups in total. The van der Waals surface area contributed by atoms with E-state index in [0.717, 1.165) is 0 Å². The molecule has 0 bridgehead atoms. The maximum absolute atomic E-state index is 11.6. The number of rotatable bonds is 2. The van der Waals surface area contributed by atoms with Crippen LogP contribution in [0.3, 0.4) is 0 Å². The van der Waals surface area contributed by atoms with Crippen LogP contribution >= 0.6 is 23.2 Å². The van der Waals surface area contributed by atoms with Gasteiger partial charge in [-0.3, -0.25) is 0 Å². The first-order valence-corrected chi connectivity index (χ1v) is 6.01. The molecular formula is C11H10Cl2N2O3. The van der Waals surface area contributed by atoms with Crippen LogP contribution < -0.4 is 10.6 Å². The van der Waals surface area contributed by atoms with Crippen molar-refractivity contribution in [2.45, 2.75) is 12.5 Å². The maximum atomic E-state index is 11.6. The van der Waals surface area contributed by atoms with E-state index in [2.05, 4.69) is 10.6 Å². The zero-order chi connectivity index (χ0) is 13.1. The summed E-state index contributed by atoms with van der Waals surface area (Å²) in [5.74, 6) is -0.424. The number of carbonyl (C=O) groups excluding carboxylic acids is 2. The molecule has 1 unspecified atom stereocenters. The normalized spacial score (nSPS) is 18.3. The van der Waals surface area contributed by atoms with Crippen LogP contribution in [0.2, 0.25) is 10.0 Å². The van der Waals surface area contributed by atoms with Crippen molar-refractivity contribution >= 4 is 40.9 Å². The number of amides is 2. The quantitative estimate of drug-likeness (QED) is 0.822. The van der Waals surface area contributed by atoms with Crippen LogP contribution in [0.5, 0.6) is 0 Å². The molecule has 96 valence electrons. The van der Waals surface area contributed by atoms with Gasteiger partial charge >= 0.3 is 12.0 Å². The number of benzene rings is 1. The summed E-state index contributed by atoms with van der Waals surface area (Å²) in [5, 5.41) is 5.84. The summed E-state index contributed by atoms with van der Waals surface area (Å²) in [4.78, 5) is 22.8. The Balaban J connectivity index is 1.96. The fourth-order valence-electron chi connectivity index (χ4n) is 1.53. The largest absolute Gasteiger partial charge is 0.464 e. The molecule has 1 aliphatic heterocycles. The first kappa shape index (κ1) is 13.0. The second-order valence-electron chi connectivity index (χ2n) is 3.73.